The first-order valence-electron chi connectivity index (χ1n) is 5.90. The largest absolute Gasteiger partial charge is 0.465 e. The van der Waals surface area contributed by atoms with Crippen LogP contribution in [0.1, 0.15) is 16.2 Å². The van der Waals surface area contributed by atoms with Gasteiger partial charge >= 0.3 is 5.97 Å². The summed E-state index contributed by atoms with van der Waals surface area (Å²) in [5, 5.41) is 0. The van der Waals surface area contributed by atoms with E-state index in [-0.39, 0.29) is 22.7 Å². The van der Waals surface area contributed by atoms with Crippen LogP contribution in [0.4, 0.5) is 5.69 Å². The van der Waals surface area contributed by atoms with Gasteiger partial charge in [-0.2, -0.15) is 0 Å². The van der Waals surface area contributed by atoms with E-state index in [1.54, 1.807) is 6.20 Å². The third-order valence-electron chi connectivity index (χ3n) is 2.68. The van der Waals surface area contributed by atoms with Crippen molar-refractivity contribution in [3.05, 3.63) is 42.0 Å². The smallest absolute Gasteiger partial charge is 0.339 e. The molecule has 2 rings (SSSR count). The molecule has 0 saturated heterocycles. The minimum absolute atomic E-state index is 0.0370. The molecule has 1 heterocycles. The highest BCUT2D eigenvalue weighted by molar-refractivity contribution is 7.89. The summed E-state index contributed by atoms with van der Waals surface area (Å²) in [6.07, 6.45) is 3.08. The highest BCUT2D eigenvalue weighted by Gasteiger charge is 2.23. The Morgan fingerprint density at radius 1 is 1.48 bits per heavy atom. The minimum Gasteiger partial charge on any atom is -0.465 e. The van der Waals surface area contributed by atoms with Crippen LogP contribution in [0.15, 0.2) is 35.5 Å². The van der Waals surface area contributed by atoms with Gasteiger partial charge in [-0.15, -0.1) is 0 Å². The number of hydrogen-bond donors (Lipinski definition) is 3. The van der Waals surface area contributed by atoms with Gasteiger partial charge < -0.3 is 15.5 Å². The number of aromatic nitrogens is 2. The average molecular weight is 310 g/mol. The number of nitrogens with zero attached hydrogens (tertiary/aromatic N) is 1. The van der Waals surface area contributed by atoms with E-state index in [9.17, 15) is 13.2 Å². The second-order valence-corrected chi connectivity index (χ2v) is 5.84. The van der Waals surface area contributed by atoms with Gasteiger partial charge in [0.25, 0.3) is 0 Å². The highest BCUT2D eigenvalue weighted by atomic mass is 32.2. The van der Waals surface area contributed by atoms with Crippen LogP contribution in [0.3, 0.4) is 0 Å². The predicted molar refractivity (Wildman–Crippen MR) is 74.8 cm³/mol. The Kier molecular flexibility index (Phi) is 4.24. The van der Waals surface area contributed by atoms with Crippen LogP contribution >= 0.6 is 0 Å². The van der Waals surface area contributed by atoms with Crippen LogP contribution in [0, 0.1) is 0 Å². The summed E-state index contributed by atoms with van der Waals surface area (Å²) in [6.45, 7) is -0.0370. The molecule has 0 aliphatic carbocycles. The van der Waals surface area contributed by atoms with Crippen LogP contribution in [0.5, 0.6) is 0 Å². The van der Waals surface area contributed by atoms with Crippen molar-refractivity contribution in [1.82, 2.24) is 14.7 Å². The Morgan fingerprint density at radius 3 is 2.86 bits per heavy atom. The van der Waals surface area contributed by atoms with Crippen LogP contribution < -0.4 is 10.5 Å². The van der Waals surface area contributed by atoms with E-state index in [0.717, 1.165) is 0 Å². The summed E-state index contributed by atoms with van der Waals surface area (Å²) < 4.78 is 31.5. The lowest BCUT2D eigenvalue weighted by Gasteiger charge is -2.10. The quantitative estimate of drug-likeness (QED) is 0.537. The molecule has 0 unspecified atom stereocenters. The van der Waals surface area contributed by atoms with Crippen molar-refractivity contribution < 1.29 is 17.9 Å². The molecule has 112 valence electrons. The number of carbonyl (C=O) groups excluding carboxylic acids is 1. The Labute approximate surface area is 121 Å². The van der Waals surface area contributed by atoms with Crippen molar-refractivity contribution in [3.8, 4) is 0 Å². The van der Waals surface area contributed by atoms with E-state index >= 15 is 0 Å². The van der Waals surface area contributed by atoms with Gasteiger partial charge in [-0.25, -0.2) is 22.9 Å². The lowest BCUT2D eigenvalue weighted by molar-refractivity contribution is 0.0596. The molecule has 2 aromatic rings. The Hall–Kier alpha value is -2.39. The number of imidazole rings is 1. The van der Waals surface area contributed by atoms with Crippen molar-refractivity contribution in [2.75, 3.05) is 12.8 Å². The first kappa shape index (κ1) is 15.0. The zero-order valence-corrected chi connectivity index (χ0v) is 12.0. The van der Waals surface area contributed by atoms with Crippen molar-refractivity contribution in [2.24, 2.45) is 0 Å². The zero-order chi connectivity index (χ0) is 15.5. The number of benzene rings is 1. The number of H-pyrrole nitrogens is 1. The number of nitrogen functional groups attached to an aromatic ring is 1. The zero-order valence-electron chi connectivity index (χ0n) is 11.2. The standard InChI is InChI=1S/C12H14N4O4S/c1-20-12(17)9-3-2-8(13)6-10(9)21(18,19)16-7-11-14-4-5-15-11/h2-6,16H,7,13H2,1H3,(H,14,15). The summed E-state index contributed by atoms with van der Waals surface area (Å²) in [6, 6.07) is 3.94. The molecule has 0 aliphatic heterocycles. The van der Waals surface area contributed by atoms with E-state index in [0.29, 0.717) is 5.82 Å². The molecule has 1 aromatic carbocycles. The number of methoxy groups -OCH3 is 1. The molecule has 0 spiro atoms. The normalized spacial score (nSPS) is 11.3. The number of hydrogen-bond acceptors (Lipinski definition) is 6. The predicted octanol–water partition coefficient (Wildman–Crippen LogP) is 0.257. The van der Waals surface area contributed by atoms with E-state index in [4.69, 9.17) is 5.73 Å². The fourth-order valence-electron chi connectivity index (χ4n) is 1.68. The lowest BCUT2D eigenvalue weighted by Crippen LogP contribution is -2.26. The average Bonchev–Trinajstić information content (AvgIpc) is 2.98. The maximum Gasteiger partial charge on any atom is 0.339 e. The summed E-state index contributed by atoms with van der Waals surface area (Å²) in [7, 11) is -2.76. The topological polar surface area (TPSA) is 127 Å². The Bertz CT molecular complexity index is 741. The number of nitrogens with two attached hydrogens (primary N) is 1. The number of sulfonamides is 1. The van der Waals surface area contributed by atoms with E-state index in [1.165, 1.54) is 31.5 Å². The van der Waals surface area contributed by atoms with E-state index < -0.39 is 16.0 Å². The van der Waals surface area contributed by atoms with Gasteiger partial charge in [-0.05, 0) is 18.2 Å². The molecular weight excluding hydrogens is 296 g/mol. The number of rotatable bonds is 5. The van der Waals surface area contributed by atoms with Gasteiger partial charge in [-0.1, -0.05) is 0 Å². The first-order chi connectivity index (χ1) is 9.94. The molecule has 0 saturated carbocycles. The first-order valence-corrected chi connectivity index (χ1v) is 7.38. The molecule has 9 heteroatoms. The van der Waals surface area contributed by atoms with Crippen molar-refractivity contribution in [3.63, 3.8) is 0 Å². The molecule has 0 amide bonds. The third kappa shape index (κ3) is 3.38. The molecule has 4 N–H and O–H groups in total. The van der Waals surface area contributed by atoms with Gasteiger partial charge in [-0.3, -0.25) is 0 Å². The maximum absolute atomic E-state index is 12.3. The molecule has 0 radical (unpaired) electrons. The van der Waals surface area contributed by atoms with Crippen LogP contribution in [-0.2, 0) is 21.3 Å². The van der Waals surface area contributed by atoms with Crippen molar-refractivity contribution >= 4 is 21.7 Å². The van der Waals surface area contributed by atoms with Crippen LogP contribution in [0.2, 0.25) is 0 Å². The third-order valence-corrected chi connectivity index (χ3v) is 4.13. The maximum atomic E-state index is 12.3. The molecule has 0 bridgehead atoms. The number of ether oxygens (including phenoxy) is 1. The molecule has 0 fully saturated rings. The van der Waals surface area contributed by atoms with Gasteiger partial charge in [0.1, 0.15) is 5.82 Å². The number of anilines is 1. The summed E-state index contributed by atoms with van der Waals surface area (Å²) in [4.78, 5) is 18.1. The molecule has 1 aromatic heterocycles. The lowest BCUT2D eigenvalue weighted by atomic mass is 10.2. The molecule has 21 heavy (non-hydrogen) atoms. The summed E-state index contributed by atoms with van der Waals surface area (Å²) >= 11 is 0. The fraction of sp³-hybridized carbons (Fsp3) is 0.167. The number of nitrogens with one attached hydrogen (secondary N) is 2. The highest BCUT2D eigenvalue weighted by Crippen LogP contribution is 2.20. The minimum atomic E-state index is -3.94. The van der Waals surface area contributed by atoms with Gasteiger partial charge in [0.15, 0.2) is 0 Å². The summed E-state index contributed by atoms with van der Waals surface area (Å²) in [5.74, 6) is -0.310. The molecule has 8 nitrogen and oxygen atoms in total. The molecular formula is C12H14N4O4S. The SMILES string of the molecule is COC(=O)c1ccc(N)cc1S(=O)(=O)NCc1ncc[nH]1. The number of carbonyl (C=O) groups is 1. The second kappa shape index (κ2) is 5.94. The van der Waals surface area contributed by atoms with Gasteiger partial charge in [0.05, 0.1) is 24.1 Å². The number of aromatic amines is 1. The number of esters is 1. The Balaban J connectivity index is 2.34. The monoisotopic (exact) mass is 310 g/mol. The second-order valence-electron chi connectivity index (χ2n) is 4.11. The van der Waals surface area contributed by atoms with Gasteiger partial charge in [0.2, 0.25) is 10.0 Å². The van der Waals surface area contributed by atoms with Crippen LogP contribution in [0.25, 0.3) is 0 Å². The van der Waals surface area contributed by atoms with E-state index in [1.807, 2.05) is 0 Å². The Morgan fingerprint density at radius 2 is 2.24 bits per heavy atom. The summed E-state index contributed by atoms with van der Waals surface area (Å²) in [5.41, 5.74) is 5.73. The van der Waals surface area contributed by atoms with E-state index in [2.05, 4.69) is 19.4 Å². The van der Waals surface area contributed by atoms with Crippen molar-refractivity contribution in [1.29, 1.82) is 0 Å². The molecule has 0 atom stereocenters. The molecule has 0 aliphatic rings. The van der Waals surface area contributed by atoms with Crippen LogP contribution in [-0.4, -0.2) is 31.5 Å². The van der Waals surface area contributed by atoms with Crippen molar-refractivity contribution in [2.45, 2.75) is 11.4 Å². The van der Waals surface area contributed by atoms with Gasteiger partial charge in [0, 0.05) is 18.1 Å². The fourth-order valence-corrected chi connectivity index (χ4v) is 2.89.